The molecule has 0 aromatic carbocycles. The van der Waals surface area contributed by atoms with Crippen LogP contribution in [-0.2, 0) is 0 Å². The molecule has 0 radical (unpaired) electrons. The molecular formula is C10H15N3. The molecule has 0 fully saturated rings. The van der Waals surface area contributed by atoms with Crippen molar-refractivity contribution in [1.29, 1.82) is 0 Å². The van der Waals surface area contributed by atoms with Gasteiger partial charge in [-0.25, -0.2) is 9.97 Å². The van der Waals surface area contributed by atoms with E-state index in [0.29, 0.717) is 5.95 Å². The summed E-state index contributed by atoms with van der Waals surface area (Å²) < 4.78 is 0. The van der Waals surface area contributed by atoms with Crippen molar-refractivity contribution in [2.45, 2.75) is 20.3 Å². The Bertz CT molecular complexity index is 294. The van der Waals surface area contributed by atoms with Gasteiger partial charge in [-0.15, -0.1) is 6.58 Å². The highest BCUT2D eigenvalue weighted by Crippen LogP contribution is 2.00. The van der Waals surface area contributed by atoms with Crippen LogP contribution in [0.25, 0.3) is 0 Å². The maximum atomic E-state index is 4.22. The maximum Gasteiger partial charge on any atom is 0.222 e. The van der Waals surface area contributed by atoms with Crippen molar-refractivity contribution in [2.75, 3.05) is 11.9 Å². The van der Waals surface area contributed by atoms with Crippen molar-refractivity contribution in [3.05, 3.63) is 30.1 Å². The molecule has 70 valence electrons. The molecule has 1 rings (SSSR count). The summed E-state index contributed by atoms with van der Waals surface area (Å²) in [7, 11) is 0. The van der Waals surface area contributed by atoms with Gasteiger partial charge < -0.3 is 5.32 Å². The van der Waals surface area contributed by atoms with Gasteiger partial charge in [-0.3, -0.25) is 0 Å². The Kier molecular flexibility index (Phi) is 3.43. The predicted octanol–water partition coefficient (Wildman–Crippen LogP) is 2.16. The molecule has 0 bridgehead atoms. The normalized spacial score (nSPS) is 9.69. The molecule has 1 aromatic rings. The van der Waals surface area contributed by atoms with Gasteiger partial charge in [-0.05, 0) is 26.3 Å². The third kappa shape index (κ3) is 3.69. The van der Waals surface area contributed by atoms with Crippen molar-refractivity contribution < 1.29 is 0 Å². The van der Waals surface area contributed by atoms with Crippen LogP contribution in [0.1, 0.15) is 19.0 Å². The van der Waals surface area contributed by atoms with E-state index in [9.17, 15) is 0 Å². The molecular weight excluding hydrogens is 162 g/mol. The molecule has 3 nitrogen and oxygen atoms in total. The van der Waals surface area contributed by atoms with E-state index in [4.69, 9.17) is 0 Å². The minimum Gasteiger partial charge on any atom is -0.354 e. The fourth-order valence-corrected chi connectivity index (χ4v) is 0.922. The molecule has 0 aliphatic carbocycles. The second-order valence-electron chi connectivity index (χ2n) is 3.16. The Morgan fingerprint density at radius 1 is 1.62 bits per heavy atom. The van der Waals surface area contributed by atoms with Gasteiger partial charge in [0.1, 0.15) is 0 Å². The van der Waals surface area contributed by atoms with Crippen molar-refractivity contribution in [2.24, 2.45) is 0 Å². The third-order valence-corrected chi connectivity index (χ3v) is 1.63. The highest BCUT2D eigenvalue weighted by atomic mass is 15.1. The number of nitrogens with one attached hydrogen (secondary N) is 1. The fraction of sp³-hybridized carbons (Fsp3) is 0.400. The molecule has 0 aliphatic heterocycles. The van der Waals surface area contributed by atoms with Crippen molar-refractivity contribution in [3.8, 4) is 0 Å². The molecule has 0 saturated heterocycles. The number of hydrogen-bond acceptors (Lipinski definition) is 3. The van der Waals surface area contributed by atoms with Crippen LogP contribution >= 0.6 is 0 Å². The minimum absolute atomic E-state index is 0.696. The van der Waals surface area contributed by atoms with E-state index in [1.807, 2.05) is 19.9 Å². The van der Waals surface area contributed by atoms with Crippen molar-refractivity contribution >= 4 is 5.95 Å². The summed E-state index contributed by atoms with van der Waals surface area (Å²) in [4.78, 5) is 8.30. The lowest BCUT2D eigenvalue weighted by molar-refractivity contribution is 0.964. The smallest absolute Gasteiger partial charge is 0.222 e. The summed E-state index contributed by atoms with van der Waals surface area (Å²) >= 11 is 0. The van der Waals surface area contributed by atoms with Crippen LogP contribution in [0, 0.1) is 6.92 Å². The van der Waals surface area contributed by atoms with E-state index in [1.54, 1.807) is 6.20 Å². The van der Waals surface area contributed by atoms with E-state index in [-0.39, 0.29) is 0 Å². The SMILES string of the molecule is C=C(C)CCNc1nccc(C)n1. The van der Waals surface area contributed by atoms with Crippen LogP contribution in [0.4, 0.5) is 5.95 Å². The Balaban J connectivity index is 2.41. The molecule has 1 heterocycles. The first-order chi connectivity index (χ1) is 6.18. The van der Waals surface area contributed by atoms with E-state index < -0.39 is 0 Å². The number of hydrogen-bond donors (Lipinski definition) is 1. The lowest BCUT2D eigenvalue weighted by atomic mass is 10.2. The summed E-state index contributed by atoms with van der Waals surface area (Å²) in [5, 5.41) is 3.13. The number of aromatic nitrogens is 2. The minimum atomic E-state index is 0.696. The summed E-state index contributed by atoms with van der Waals surface area (Å²) in [6, 6.07) is 1.88. The van der Waals surface area contributed by atoms with Gasteiger partial charge in [-0.2, -0.15) is 0 Å². The highest BCUT2D eigenvalue weighted by molar-refractivity contribution is 5.24. The van der Waals surface area contributed by atoms with E-state index in [0.717, 1.165) is 18.7 Å². The molecule has 0 atom stereocenters. The number of aryl methyl sites for hydroxylation is 1. The topological polar surface area (TPSA) is 37.8 Å². The monoisotopic (exact) mass is 177 g/mol. The Morgan fingerprint density at radius 2 is 2.38 bits per heavy atom. The number of nitrogens with zero attached hydrogens (tertiary/aromatic N) is 2. The molecule has 0 spiro atoms. The Labute approximate surface area is 78.9 Å². The largest absolute Gasteiger partial charge is 0.354 e. The standard InChI is InChI=1S/C10H15N3/c1-8(2)4-6-11-10-12-7-5-9(3)13-10/h5,7H,1,4,6H2,2-3H3,(H,11,12,13). The first-order valence-electron chi connectivity index (χ1n) is 4.36. The first kappa shape index (κ1) is 9.71. The second kappa shape index (κ2) is 4.60. The van der Waals surface area contributed by atoms with Gasteiger partial charge in [0.2, 0.25) is 5.95 Å². The number of rotatable bonds is 4. The Hall–Kier alpha value is -1.38. The van der Waals surface area contributed by atoms with Crippen LogP contribution in [-0.4, -0.2) is 16.5 Å². The third-order valence-electron chi connectivity index (χ3n) is 1.63. The molecule has 13 heavy (non-hydrogen) atoms. The maximum absolute atomic E-state index is 4.22. The zero-order valence-corrected chi connectivity index (χ0v) is 8.17. The van der Waals surface area contributed by atoms with Crippen LogP contribution in [0.15, 0.2) is 24.4 Å². The Morgan fingerprint density at radius 3 is 3.00 bits per heavy atom. The molecule has 0 aliphatic rings. The average Bonchev–Trinajstić information content (AvgIpc) is 2.03. The lowest BCUT2D eigenvalue weighted by Gasteiger charge is -2.03. The van der Waals surface area contributed by atoms with Crippen molar-refractivity contribution in [3.63, 3.8) is 0 Å². The summed E-state index contributed by atoms with van der Waals surface area (Å²) in [6.45, 7) is 8.63. The first-order valence-corrected chi connectivity index (χ1v) is 4.36. The quantitative estimate of drug-likeness (QED) is 0.716. The van der Waals surface area contributed by atoms with Crippen LogP contribution < -0.4 is 5.32 Å². The molecule has 1 N–H and O–H groups in total. The van der Waals surface area contributed by atoms with Gasteiger partial charge in [0, 0.05) is 18.4 Å². The summed E-state index contributed by atoms with van der Waals surface area (Å²) in [5.74, 6) is 0.696. The van der Waals surface area contributed by atoms with E-state index >= 15 is 0 Å². The number of anilines is 1. The van der Waals surface area contributed by atoms with Crippen LogP contribution in [0.3, 0.4) is 0 Å². The van der Waals surface area contributed by atoms with E-state index in [2.05, 4.69) is 21.9 Å². The van der Waals surface area contributed by atoms with Gasteiger partial charge in [-0.1, -0.05) is 5.57 Å². The lowest BCUT2D eigenvalue weighted by Crippen LogP contribution is -2.05. The van der Waals surface area contributed by atoms with Gasteiger partial charge in [0.15, 0.2) is 0 Å². The average molecular weight is 177 g/mol. The zero-order valence-electron chi connectivity index (χ0n) is 8.17. The summed E-state index contributed by atoms with van der Waals surface area (Å²) in [6.07, 6.45) is 2.71. The molecule has 1 aromatic heterocycles. The van der Waals surface area contributed by atoms with E-state index in [1.165, 1.54) is 5.57 Å². The predicted molar refractivity (Wildman–Crippen MR) is 54.7 cm³/mol. The molecule has 0 saturated carbocycles. The highest BCUT2D eigenvalue weighted by Gasteiger charge is 1.94. The van der Waals surface area contributed by atoms with Gasteiger partial charge >= 0.3 is 0 Å². The van der Waals surface area contributed by atoms with Gasteiger partial charge in [0.05, 0.1) is 0 Å². The van der Waals surface area contributed by atoms with Crippen LogP contribution in [0.2, 0.25) is 0 Å². The fourth-order valence-electron chi connectivity index (χ4n) is 0.922. The molecule has 0 amide bonds. The van der Waals surface area contributed by atoms with Crippen LogP contribution in [0.5, 0.6) is 0 Å². The summed E-state index contributed by atoms with van der Waals surface area (Å²) in [5.41, 5.74) is 2.15. The van der Waals surface area contributed by atoms with Crippen molar-refractivity contribution in [1.82, 2.24) is 9.97 Å². The molecule has 3 heteroatoms. The zero-order chi connectivity index (χ0) is 9.68. The second-order valence-corrected chi connectivity index (χ2v) is 3.16. The van der Waals surface area contributed by atoms with Gasteiger partial charge in [0.25, 0.3) is 0 Å². The molecule has 0 unspecified atom stereocenters.